The van der Waals surface area contributed by atoms with Crippen molar-refractivity contribution in [3.8, 4) is 0 Å². The Morgan fingerprint density at radius 1 is 1.39 bits per heavy atom. The molecule has 0 unspecified atom stereocenters. The van der Waals surface area contributed by atoms with Gasteiger partial charge in [0.05, 0.1) is 4.92 Å². The third kappa shape index (κ3) is 3.29. The first kappa shape index (κ1) is 14.2. The van der Waals surface area contributed by atoms with Crippen LogP contribution in [0.25, 0.3) is 0 Å². The highest BCUT2D eigenvalue weighted by Crippen LogP contribution is 2.30. The molecule has 0 radical (unpaired) electrons. The number of nitrogens with one attached hydrogen (secondary N) is 1. The number of hydrogen-bond donors (Lipinski definition) is 1. The van der Waals surface area contributed by atoms with Crippen LogP contribution >= 0.6 is 0 Å². The van der Waals surface area contributed by atoms with Gasteiger partial charge in [-0.25, -0.2) is 0 Å². The number of rotatable bonds is 4. The van der Waals surface area contributed by atoms with E-state index in [1.165, 1.54) is 6.07 Å². The number of carbonyl (C=O) groups excluding carboxylic acids is 1. The van der Waals surface area contributed by atoms with Gasteiger partial charge in [0.1, 0.15) is 5.69 Å². The number of nitro benzene ring substituents is 1. The third-order valence-corrected chi connectivity index (χ3v) is 2.77. The van der Waals surface area contributed by atoms with Crippen molar-refractivity contribution in [1.29, 1.82) is 0 Å². The SMILES string of the molecule is Cc1ccc([N+](=O)[O-])c(NC(=O)CC(C)C)c1C. The average Bonchev–Trinajstić information content (AvgIpc) is 2.23. The molecule has 0 atom stereocenters. The summed E-state index contributed by atoms with van der Waals surface area (Å²) in [5.41, 5.74) is 1.91. The highest BCUT2D eigenvalue weighted by molar-refractivity contribution is 5.94. The van der Waals surface area contributed by atoms with E-state index in [9.17, 15) is 14.9 Å². The molecule has 1 amide bonds. The summed E-state index contributed by atoms with van der Waals surface area (Å²) < 4.78 is 0. The molecule has 0 saturated carbocycles. The number of carbonyl (C=O) groups is 1. The summed E-state index contributed by atoms with van der Waals surface area (Å²) in [7, 11) is 0. The van der Waals surface area contributed by atoms with Crippen LogP contribution in [0, 0.1) is 29.9 Å². The van der Waals surface area contributed by atoms with E-state index in [1.807, 2.05) is 20.8 Å². The monoisotopic (exact) mass is 250 g/mol. The molecule has 0 aliphatic heterocycles. The topological polar surface area (TPSA) is 72.2 Å². The van der Waals surface area contributed by atoms with Crippen LogP contribution in [0.4, 0.5) is 11.4 Å². The molecule has 0 heterocycles. The Kier molecular flexibility index (Phi) is 4.42. The average molecular weight is 250 g/mol. The zero-order valence-corrected chi connectivity index (χ0v) is 11.1. The summed E-state index contributed by atoms with van der Waals surface area (Å²) in [4.78, 5) is 22.2. The number of nitro groups is 1. The fourth-order valence-corrected chi connectivity index (χ4v) is 1.67. The maximum Gasteiger partial charge on any atom is 0.293 e. The molecule has 18 heavy (non-hydrogen) atoms. The molecular weight excluding hydrogens is 232 g/mol. The van der Waals surface area contributed by atoms with Crippen LogP contribution in [0.3, 0.4) is 0 Å². The van der Waals surface area contributed by atoms with Crippen molar-refractivity contribution in [1.82, 2.24) is 0 Å². The van der Waals surface area contributed by atoms with Gasteiger partial charge in [0.25, 0.3) is 5.69 Å². The molecule has 0 aliphatic rings. The second kappa shape index (κ2) is 5.62. The van der Waals surface area contributed by atoms with Crippen molar-refractivity contribution in [3.63, 3.8) is 0 Å². The zero-order valence-electron chi connectivity index (χ0n) is 11.1. The highest BCUT2D eigenvalue weighted by atomic mass is 16.6. The van der Waals surface area contributed by atoms with Crippen LogP contribution in [0.2, 0.25) is 0 Å². The highest BCUT2D eigenvalue weighted by Gasteiger charge is 2.19. The molecule has 5 heteroatoms. The lowest BCUT2D eigenvalue weighted by molar-refractivity contribution is -0.384. The fourth-order valence-electron chi connectivity index (χ4n) is 1.67. The lowest BCUT2D eigenvalue weighted by Gasteiger charge is -2.11. The predicted octanol–water partition coefficient (Wildman–Crippen LogP) is 3.20. The Balaban J connectivity index is 3.09. The second-order valence-electron chi connectivity index (χ2n) is 4.80. The van der Waals surface area contributed by atoms with Crippen molar-refractivity contribution >= 4 is 17.3 Å². The van der Waals surface area contributed by atoms with Gasteiger partial charge >= 0.3 is 0 Å². The minimum Gasteiger partial charge on any atom is -0.320 e. The van der Waals surface area contributed by atoms with Gasteiger partial charge < -0.3 is 5.32 Å². The molecule has 1 aromatic rings. The normalized spacial score (nSPS) is 10.5. The number of anilines is 1. The van der Waals surface area contributed by atoms with E-state index in [-0.39, 0.29) is 17.5 Å². The first-order valence-electron chi connectivity index (χ1n) is 5.87. The summed E-state index contributed by atoms with van der Waals surface area (Å²) in [6.45, 7) is 7.48. The fraction of sp³-hybridized carbons (Fsp3) is 0.462. The number of benzene rings is 1. The molecular formula is C13H18N2O3. The first-order chi connectivity index (χ1) is 8.32. The van der Waals surface area contributed by atoms with Gasteiger partial charge in [-0.15, -0.1) is 0 Å². The predicted molar refractivity (Wildman–Crippen MR) is 70.7 cm³/mol. The molecule has 5 nitrogen and oxygen atoms in total. The van der Waals surface area contributed by atoms with Gasteiger partial charge in [-0.05, 0) is 30.9 Å². The summed E-state index contributed by atoms with van der Waals surface area (Å²) in [6, 6.07) is 3.11. The minimum atomic E-state index is -0.475. The lowest BCUT2D eigenvalue weighted by atomic mass is 10.1. The van der Waals surface area contributed by atoms with E-state index >= 15 is 0 Å². The van der Waals surface area contributed by atoms with Crippen LogP contribution in [-0.2, 0) is 4.79 Å². The molecule has 0 bridgehead atoms. The molecule has 0 aliphatic carbocycles. The van der Waals surface area contributed by atoms with Crippen molar-refractivity contribution in [2.45, 2.75) is 34.1 Å². The Morgan fingerprint density at radius 2 is 2.00 bits per heavy atom. The van der Waals surface area contributed by atoms with Gasteiger partial charge in [0.2, 0.25) is 5.91 Å². The Labute approximate surface area is 106 Å². The van der Waals surface area contributed by atoms with Crippen LogP contribution in [0.5, 0.6) is 0 Å². The van der Waals surface area contributed by atoms with Crippen molar-refractivity contribution < 1.29 is 9.72 Å². The molecule has 1 aromatic carbocycles. The number of hydrogen-bond acceptors (Lipinski definition) is 3. The Bertz CT molecular complexity index is 481. The van der Waals surface area contributed by atoms with Crippen LogP contribution in [0.15, 0.2) is 12.1 Å². The van der Waals surface area contributed by atoms with E-state index in [0.29, 0.717) is 12.1 Å². The summed E-state index contributed by atoms with van der Waals surface area (Å²) in [5.74, 6) is 0.0240. The Hall–Kier alpha value is -1.91. The second-order valence-corrected chi connectivity index (χ2v) is 4.80. The largest absolute Gasteiger partial charge is 0.320 e. The van der Waals surface area contributed by atoms with Crippen LogP contribution < -0.4 is 5.32 Å². The van der Waals surface area contributed by atoms with Gasteiger partial charge in [0, 0.05) is 12.5 Å². The van der Waals surface area contributed by atoms with E-state index in [0.717, 1.165) is 11.1 Å². The molecule has 0 spiro atoms. The molecule has 1 N–H and O–H groups in total. The Morgan fingerprint density at radius 3 is 2.50 bits per heavy atom. The van der Waals surface area contributed by atoms with E-state index in [2.05, 4.69) is 5.32 Å². The smallest absolute Gasteiger partial charge is 0.293 e. The summed E-state index contributed by atoms with van der Waals surface area (Å²) in [5, 5.41) is 13.6. The third-order valence-electron chi connectivity index (χ3n) is 2.77. The number of nitrogens with zero attached hydrogens (tertiary/aromatic N) is 1. The maximum atomic E-state index is 11.7. The van der Waals surface area contributed by atoms with Crippen molar-refractivity contribution in [2.75, 3.05) is 5.32 Å². The quantitative estimate of drug-likeness (QED) is 0.658. The van der Waals surface area contributed by atoms with Crippen LogP contribution in [-0.4, -0.2) is 10.8 Å². The zero-order chi connectivity index (χ0) is 13.9. The van der Waals surface area contributed by atoms with E-state index in [4.69, 9.17) is 0 Å². The molecule has 0 aromatic heterocycles. The van der Waals surface area contributed by atoms with Gasteiger partial charge in [-0.3, -0.25) is 14.9 Å². The number of aryl methyl sites for hydroxylation is 1. The van der Waals surface area contributed by atoms with E-state index < -0.39 is 4.92 Å². The van der Waals surface area contributed by atoms with Gasteiger partial charge in [-0.2, -0.15) is 0 Å². The number of amides is 1. The molecule has 0 fully saturated rings. The van der Waals surface area contributed by atoms with Crippen molar-refractivity contribution in [2.24, 2.45) is 5.92 Å². The molecule has 1 rings (SSSR count). The van der Waals surface area contributed by atoms with Gasteiger partial charge in [-0.1, -0.05) is 19.9 Å². The van der Waals surface area contributed by atoms with Crippen LogP contribution in [0.1, 0.15) is 31.4 Å². The molecule has 0 saturated heterocycles. The first-order valence-corrected chi connectivity index (χ1v) is 5.87. The van der Waals surface area contributed by atoms with Crippen molar-refractivity contribution in [3.05, 3.63) is 33.4 Å². The maximum absolute atomic E-state index is 11.7. The molecule has 98 valence electrons. The summed E-state index contributed by atoms with van der Waals surface area (Å²) in [6.07, 6.45) is 0.352. The minimum absolute atomic E-state index is 0.0600. The van der Waals surface area contributed by atoms with Gasteiger partial charge in [0.15, 0.2) is 0 Å². The summed E-state index contributed by atoms with van der Waals surface area (Å²) >= 11 is 0. The van der Waals surface area contributed by atoms with E-state index in [1.54, 1.807) is 13.0 Å². The standard InChI is InChI=1S/C13H18N2O3/c1-8(2)7-12(16)14-13-10(4)9(3)5-6-11(13)15(17)18/h5-6,8H,7H2,1-4H3,(H,14,16). The lowest BCUT2D eigenvalue weighted by Crippen LogP contribution is -2.16.